The molecule has 0 aliphatic carbocycles. The Morgan fingerprint density at radius 1 is 1.40 bits per heavy atom. The van der Waals surface area contributed by atoms with Gasteiger partial charge in [-0.25, -0.2) is 0 Å². The summed E-state index contributed by atoms with van der Waals surface area (Å²) >= 11 is 0. The molecule has 58 valence electrons. The summed E-state index contributed by atoms with van der Waals surface area (Å²) < 4.78 is 0. The normalized spacial score (nSPS) is 12.7. The Bertz CT molecular complexity index is 112. The zero-order valence-electron chi connectivity index (χ0n) is 6.33. The van der Waals surface area contributed by atoms with Crippen LogP contribution in [0.25, 0.3) is 0 Å². The second kappa shape index (κ2) is 4.97. The number of carbonyl (C=O) groups excluding carboxylic acids is 2. The summed E-state index contributed by atoms with van der Waals surface area (Å²) in [6.07, 6.45) is 2.03. The van der Waals surface area contributed by atoms with Gasteiger partial charge in [-0.2, -0.15) is 0 Å². The SMILES string of the molecule is CC(C)C[C@@H](C=O)NC=O. The van der Waals surface area contributed by atoms with Crippen molar-refractivity contribution in [3.63, 3.8) is 0 Å². The van der Waals surface area contributed by atoms with Crippen LogP contribution in [0.5, 0.6) is 0 Å². The highest BCUT2D eigenvalue weighted by Gasteiger charge is 2.06. The molecule has 1 N–H and O–H groups in total. The van der Waals surface area contributed by atoms with Crippen LogP contribution in [-0.4, -0.2) is 18.7 Å². The lowest BCUT2D eigenvalue weighted by Crippen LogP contribution is -2.30. The van der Waals surface area contributed by atoms with Gasteiger partial charge in [-0.05, 0) is 12.3 Å². The van der Waals surface area contributed by atoms with E-state index in [-0.39, 0.29) is 6.04 Å². The highest BCUT2D eigenvalue weighted by Crippen LogP contribution is 2.01. The van der Waals surface area contributed by atoms with Crippen molar-refractivity contribution in [3.8, 4) is 0 Å². The van der Waals surface area contributed by atoms with E-state index in [0.717, 1.165) is 6.29 Å². The highest BCUT2D eigenvalue weighted by atomic mass is 16.1. The molecule has 0 fully saturated rings. The minimum absolute atomic E-state index is 0.308. The topological polar surface area (TPSA) is 46.2 Å². The molecule has 0 saturated heterocycles. The number of carbonyl (C=O) groups is 2. The second-order valence-electron chi connectivity index (χ2n) is 2.66. The lowest BCUT2D eigenvalue weighted by Gasteiger charge is -2.10. The number of rotatable bonds is 5. The first-order chi connectivity index (χ1) is 4.70. The Morgan fingerprint density at radius 3 is 2.30 bits per heavy atom. The van der Waals surface area contributed by atoms with Gasteiger partial charge < -0.3 is 10.1 Å². The number of nitrogens with one attached hydrogen (secondary N) is 1. The molecule has 1 amide bonds. The summed E-state index contributed by atoms with van der Waals surface area (Å²) in [5, 5.41) is 2.42. The van der Waals surface area contributed by atoms with Crippen molar-refractivity contribution in [3.05, 3.63) is 0 Å². The van der Waals surface area contributed by atoms with Crippen LogP contribution in [0.15, 0.2) is 0 Å². The molecule has 0 aliphatic heterocycles. The summed E-state index contributed by atoms with van der Waals surface area (Å²) in [6.45, 7) is 4.01. The minimum atomic E-state index is -0.308. The standard InChI is InChI=1S/C7H13NO2/c1-6(2)3-7(4-9)8-5-10/h4-7H,3H2,1-2H3,(H,8,10)/t7-/m0/s1. The zero-order valence-corrected chi connectivity index (χ0v) is 6.33. The van der Waals surface area contributed by atoms with E-state index in [4.69, 9.17) is 0 Å². The molecule has 3 heteroatoms. The Labute approximate surface area is 60.8 Å². The summed E-state index contributed by atoms with van der Waals surface area (Å²) in [6, 6.07) is -0.308. The summed E-state index contributed by atoms with van der Waals surface area (Å²) in [5.74, 6) is 0.433. The molecule has 0 unspecified atom stereocenters. The van der Waals surface area contributed by atoms with Gasteiger partial charge in [-0.3, -0.25) is 4.79 Å². The third-order valence-electron chi connectivity index (χ3n) is 1.17. The lowest BCUT2D eigenvalue weighted by atomic mass is 10.1. The van der Waals surface area contributed by atoms with E-state index >= 15 is 0 Å². The van der Waals surface area contributed by atoms with Gasteiger partial charge in [0.05, 0.1) is 6.04 Å². The molecule has 0 heterocycles. The van der Waals surface area contributed by atoms with Crippen molar-refractivity contribution < 1.29 is 9.59 Å². The molecule has 3 nitrogen and oxygen atoms in total. The van der Waals surface area contributed by atoms with Crippen molar-refractivity contribution in [1.82, 2.24) is 5.32 Å². The number of aldehydes is 1. The first-order valence-corrected chi connectivity index (χ1v) is 3.35. The summed E-state index contributed by atoms with van der Waals surface area (Å²) in [4.78, 5) is 20.1. The Balaban J connectivity index is 3.59. The predicted molar refractivity (Wildman–Crippen MR) is 38.5 cm³/mol. The van der Waals surface area contributed by atoms with Gasteiger partial charge in [0.1, 0.15) is 6.29 Å². The maximum Gasteiger partial charge on any atom is 0.207 e. The lowest BCUT2D eigenvalue weighted by molar-refractivity contribution is -0.115. The van der Waals surface area contributed by atoms with Gasteiger partial charge in [-0.15, -0.1) is 0 Å². The van der Waals surface area contributed by atoms with Crippen LogP contribution in [0.4, 0.5) is 0 Å². The van der Waals surface area contributed by atoms with E-state index in [2.05, 4.69) is 5.32 Å². The van der Waals surface area contributed by atoms with Crippen LogP contribution in [0.3, 0.4) is 0 Å². The molecule has 0 aromatic carbocycles. The van der Waals surface area contributed by atoms with Crippen LogP contribution in [0, 0.1) is 5.92 Å². The fraction of sp³-hybridized carbons (Fsp3) is 0.714. The van der Waals surface area contributed by atoms with Crippen LogP contribution in [0.2, 0.25) is 0 Å². The van der Waals surface area contributed by atoms with Crippen molar-refractivity contribution in [2.45, 2.75) is 26.3 Å². The van der Waals surface area contributed by atoms with E-state index in [1.807, 2.05) is 13.8 Å². The Hall–Kier alpha value is -0.860. The van der Waals surface area contributed by atoms with Crippen LogP contribution < -0.4 is 5.32 Å². The molecule has 0 aromatic rings. The fourth-order valence-corrected chi connectivity index (χ4v) is 0.758. The van der Waals surface area contributed by atoms with Crippen molar-refractivity contribution in [1.29, 1.82) is 0 Å². The number of hydrogen-bond acceptors (Lipinski definition) is 2. The molecule has 0 bridgehead atoms. The largest absolute Gasteiger partial charge is 0.349 e. The molecule has 0 aromatic heterocycles. The predicted octanol–water partition coefficient (Wildman–Crippen LogP) is 0.346. The van der Waals surface area contributed by atoms with Gasteiger partial charge in [0.2, 0.25) is 6.41 Å². The first-order valence-electron chi connectivity index (χ1n) is 3.35. The average molecular weight is 143 g/mol. The van der Waals surface area contributed by atoms with E-state index in [1.165, 1.54) is 0 Å². The summed E-state index contributed by atoms with van der Waals surface area (Å²) in [5.41, 5.74) is 0. The monoisotopic (exact) mass is 143 g/mol. The third kappa shape index (κ3) is 4.06. The Morgan fingerprint density at radius 2 is 2.00 bits per heavy atom. The third-order valence-corrected chi connectivity index (χ3v) is 1.17. The molecular formula is C7H13NO2. The molecule has 0 spiro atoms. The maximum absolute atomic E-state index is 10.2. The number of hydrogen-bond donors (Lipinski definition) is 1. The maximum atomic E-state index is 10.2. The van der Waals surface area contributed by atoms with E-state index < -0.39 is 0 Å². The summed E-state index contributed by atoms with van der Waals surface area (Å²) in [7, 11) is 0. The average Bonchev–Trinajstić information content (AvgIpc) is 1.86. The van der Waals surface area contributed by atoms with Crippen molar-refractivity contribution in [2.75, 3.05) is 0 Å². The van der Waals surface area contributed by atoms with E-state index in [0.29, 0.717) is 18.7 Å². The smallest absolute Gasteiger partial charge is 0.207 e. The molecule has 0 rings (SSSR count). The molecule has 1 atom stereocenters. The van der Waals surface area contributed by atoms with Gasteiger partial charge >= 0.3 is 0 Å². The quantitative estimate of drug-likeness (QED) is 0.564. The van der Waals surface area contributed by atoms with Crippen LogP contribution >= 0.6 is 0 Å². The molecule has 0 saturated carbocycles. The Kier molecular flexibility index (Phi) is 4.54. The molecule has 0 aliphatic rings. The van der Waals surface area contributed by atoms with Crippen molar-refractivity contribution in [2.24, 2.45) is 5.92 Å². The first kappa shape index (κ1) is 9.14. The molecule has 10 heavy (non-hydrogen) atoms. The van der Waals surface area contributed by atoms with Crippen LogP contribution in [-0.2, 0) is 9.59 Å². The minimum Gasteiger partial charge on any atom is -0.349 e. The van der Waals surface area contributed by atoms with Crippen molar-refractivity contribution >= 4 is 12.7 Å². The second-order valence-corrected chi connectivity index (χ2v) is 2.66. The van der Waals surface area contributed by atoms with Crippen LogP contribution in [0.1, 0.15) is 20.3 Å². The molecule has 0 radical (unpaired) electrons. The van der Waals surface area contributed by atoms with Gasteiger partial charge in [-0.1, -0.05) is 13.8 Å². The number of amides is 1. The van der Waals surface area contributed by atoms with Gasteiger partial charge in [0.25, 0.3) is 0 Å². The van der Waals surface area contributed by atoms with E-state index in [9.17, 15) is 9.59 Å². The zero-order chi connectivity index (χ0) is 7.98. The highest BCUT2D eigenvalue weighted by molar-refractivity contribution is 5.63. The van der Waals surface area contributed by atoms with Gasteiger partial charge in [0.15, 0.2) is 0 Å². The fourth-order valence-electron chi connectivity index (χ4n) is 0.758. The van der Waals surface area contributed by atoms with Gasteiger partial charge in [0, 0.05) is 0 Å². The van der Waals surface area contributed by atoms with E-state index in [1.54, 1.807) is 0 Å². The molecular weight excluding hydrogens is 130 g/mol.